The van der Waals surface area contributed by atoms with E-state index in [1.807, 2.05) is 0 Å². The molecule has 2 rings (SSSR count). The summed E-state index contributed by atoms with van der Waals surface area (Å²) < 4.78 is 23.0. The zero-order chi connectivity index (χ0) is 11.8. The van der Waals surface area contributed by atoms with E-state index in [0.29, 0.717) is 17.5 Å². The monoisotopic (exact) mass is 260 g/mol. The van der Waals surface area contributed by atoms with Crippen LogP contribution in [0.15, 0.2) is 0 Å². The molecule has 0 unspecified atom stereocenters. The van der Waals surface area contributed by atoms with Gasteiger partial charge in [0.15, 0.2) is 9.84 Å². The molecule has 90 valence electrons. The minimum Gasteiger partial charge on any atom is -0.326 e. The Morgan fingerprint density at radius 3 is 2.69 bits per heavy atom. The molecular formula is C10H16N2O2S2. The fourth-order valence-corrected chi connectivity index (χ4v) is 3.84. The summed E-state index contributed by atoms with van der Waals surface area (Å²) in [6.07, 6.45) is 2.33. The summed E-state index contributed by atoms with van der Waals surface area (Å²) in [7, 11) is -2.98. The van der Waals surface area contributed by atoms with E-state index in [0.717, 1.165) is 23.4 Å². The molecule has 1 aliphatic rings. The lowest BCUT2D eigenvalue weighted by Gasteiger charge is -1.95. The molecule has 0 radical (unpaired) electrons. The molecule has 0 bridgehead atoms. The van der Waals surface area contributed by atoms with E-state index in [-0.39, 0.29) is 11.5 Å². The molecule has 1 fully saturated rings. The topological polar surface area (TPSA) is 73.0 Å². The number of hydrogen-bond acceptors (Lipinski definition) is 5. The van der Waals surface area contributed by atoms with Gasteiger partial charge in [-0.2, -0.15) is 0 Å². The summed E-state index contributed by atoms with van der Waals surface area (Å²) in [5.74, 6) is 0.768. The van der Waals surface area contributed by atoms with Gasteiger partial charge in [-0.1, -0.05) is 6.92 Å². The first-order valence-corrected chi connectivity index (χ1v) is 8.08. The average molecular weight is 260 g/mol. The second kappa shape index (κ2) is 4.43. The smallest absolute Gasteiger partial charge is 0.156 e. The molecule has 1 aromatic heterocycles. The van der Waals surface area contributed by atoms with Gasteiger partial charge >= 0.3 is 0 Å². The quantitative estimate of drug-likeness (QED) is 0.869. The Morgan fingerprint density at radius 2 is 2.19 bits per heavy atom. The second-order valence-corrected chi connectivity index (χ2v) is 7.59. The van der Waals surface area contributed by atoms with E-state index in [4.69, 9.17) is 5.73 Å². The van der Waals surface area contributed by atoms with Gasteiger partial charge in [0.05, 0.1) is 5.69 Å². The summed E-state index contributed by atoms with van der Waals surface area (Å²) >= 11 is 1.45. The second-order valence-electron chi connectivity index (χ2n) is 4.07. The molecule has 1 aromatic rings. The van der Waals surface area contributed by atoms with Crippen LogP contribution in [0.2, 0.25) is 0 Å². The maximum Gasteiger partial charge on any atom is 0.156 e. The predicted molar refractivity (Wildman–Crippen MR) is 65.1 cm³/mol. The summed E-state index contributed by atoms with van der Waals surface area (Å²) in [6, 6.07) is 0. The van der Waals surface area contributed by atoms with Gasteiger partial charge in [-0.3, -0.25) is 0 Å². The SMILES string of the molecule is CCS(=O)(=O)Cc1nc(C2CC2)c(CN)s1. The van der Waals surface area contributed by atoms with Crippen molar-refractivity contribution >= 4 is 21.2 Å². The van der Waals surface area contributed by atoms with E-state index >= 15 is 0 Å². The third kappa shape index (κ3) is 2.61. The van der Waals surface area contributed by atoms with E-state index < -0.39 is 9.84 Å². The van der Waals surface area contributed by atoms with Gasteiger partial charge in [0.2, 0.25) is 0 Å². The first kappa shape index (κ1) is 12.0. The van der Waals surface area contributed by atoms with Crippen LogP contribution in [0.1, 0.15) is 41.3 Å². The van der Waals surface area contributed by atoms with E-state index in [1.54, 1.807) is 6.92 Å². The fourth-order valence-electron chi connectivity index (χ4n) is 1.59. The molecule has 0 amide bonds. The highest BCUT2D eigenvalue weighted by molar-refractivity contribution is 7.90. The Balaban J connectivity index is 2.22. The van der Waals surface area contributed by atoms with Crippen molar-refractivity contribution in [1.29, 1.82) is 0 Å². The zero-order valence-electron chi connectivity index (χ0n) is 9.27. The Morgan fingerprint density at radius 1 is 1.50 bits per heavy atom. The largest absolute Gasteiger partial charge is 0.326 e. The summed E-state index contributed by atoms with van der Waals surface area (Å²) in [4.78, 5) is 5.49. The van der Waals surface area contributed by atoms with Gasteiger partial charge in [-0.25, -0.2) is 13.4 Å². The predicted octanol–water partition coefficient (Wildman–Crippen LogP) is 1.41. The van der Waals surface area contributed by atoms with Crippen molar-refractivity contribution in [1.82, 2.24) is 4.98 Å². The van der Waals surface area contributed by atoms with Crippen LogP contribution in [0.4, 0.5) is 0 Å². The number of sulfone groups is 1. The van der Waals surface area contributed by atoms with Crippen molar-refractivity contribution < 1.29 is 8.42 Å². The highest BCUT2D eigenvalue weighted by Gasteiger charge is 2.29. The minimum atomic E-state index is -2.98. The molecule has 4 nitrogen and oxygen atoms in total. The standard InChI is InChI=1S/C10H16N2O2S2/c1-2-16(13,14)6-9-12-10(7-3-4-7)8(5-11)15-9/h7H,2-6,11H2,1H3. The van der Waals surface area contributed by atoms with Crippen LogP contribution >= 0.6 is 11.3 Å². The minimum absolute atomic E-state index is 0.0634. The number of hydrogen-bond donors (Lipinski definition) is 1. The lowest BCUT2D eigenvalue weighted by molar-refractivity contribution is 0.596. The van der Waals surface area contributed by atoms with Gasteiger partial charge in [-0.15, -0.1) is 11.3 Å². The Bertz CT molecular complexity index is 475. The molecule has 2 N–H and O–H groups in total. The molecule has 0 saturated heterocycles. The Hall–Kier alpha value is -0.460. The van der Waals surface area contributed by atoms with Crippen molar-refractivity contribution in [2.45, 2.75) is 38.0 Å². The lowest BCUT2D eigenvalue weighted by atomic mass is 10.2. The van der Waals surface area contributed by atoms with Gasteiger partial charge < -0.3 is 5.73 Å². The molecule has 1 heterocycles. The summed E-state index contributed by atoms with van der Waals surface area (Å²) in [6.45, 7) is 2.13. The van der Waals surface area contributed by atoms with Crippen molar-refractivity contribution in [2.75, 3.05) is 5.75 Å². The molecule has 1 saturated carbocycles. The van der Waals surface area contributed by atoms with E-state index in [9.17, 15) is 8.42 Å². The van der Waals surface area contributed by atoms with Gasteiger partial charge in [0, 0.05) is 23.1 Å². The van der Waals surface area contributed by atoms with Crippen LogP contribution in [0, 0.1) is 0 Å². The third-order valence-electron chi connectivity index (χ3n) is 2.70. The van der Waals surface area contributed by atoms with Crippen LogP contribution in [0.25, 0.3) is 0 Å². The molecule has 0 aliphatic heterocycles. The molecule has 16 heavy (non-hydrogen) atoms. The Kier molecular flexibility index (Phi) is 3.32. The van der Waals surface area contributed by atoms with Gasteiger partial charge in [0.25, 0.3) is 0 Å². The molecular weight excluding hydrogens is 244 g/mol. The first-order chi connectivity index (χ1) is 7.55. The Labute approximate surface area is 99.8 Å². The van der Waals surface area contributed by atoms with Gasteiger partial charge in [0.1, 0.15) is 10.8 Å². The number of thiazole rings is 1. The normalized spacial score (nSPS) is 16.6. The van der Waals surface area contributed by atoms with Crippen LogP contribution in [-0.4, -0.2) is 19.2 Å². The maximum atomic E-state index is 11.5. The molecule has 0 spiro atoms. The van der Waals surface area contributed by atoms with E-state index in [1.165, 1.54) is 11.3 Å². The van der Waals surface area contributed by atoms with Crippen LogP contribution in [0.3, 0.4) is 0 Å². The number of rotatable bonds is 5. The fraction of sp³-hybridized carbons (Fsp3) is 0.700. The van der Waals surface area contributed by atoms with E-state index in [2.05, 4.69) is 4.98 Å². The first-order valence-electron chi connectivity index (χ1n) is 5.44. The van der Waals surface area contributed by atoms with Crippen molar-refractivity contribution in [2.24, 2.45) is 5.73 Å². The van der Waals surface area contributed by atoms with Crippen molar-refractivity contribution in [3.8, 4) is 0 Å². The molecule has 1 aliphatic carbocycles. The highest BCUT2D eigenvalue weighted by atomic mass is 32.2. The number of nitrogens with two attached hydrogens (primary N) is 1. The maximum absolute atomic E-state index is 11.5. The van der Waals surface area contributed by atoms with Gasteiger partial charge in [-0.05, 0) is 12.8 Å². The third-order valence-corrected chi connectivity index (χ3v) is 5.57. The lowest BCUT2D eigenvalue weighted by Crippen LogP contribution is -2.06. The number of aromatic nitrogens is 1. The van der Waals surface area contributed by atoms with Crippen LogP contribution in [-0.2, 0) is 22.1 Å². The summed E-state index contributed by atoms with van der Waals surface area (Å²) in [5, 5.41) is 0.698. The summed E-state index contributed by atoms with van der Waals surface area (Å²) in [5.41, 5.74) is 6.70. The van der Waals surface area contributed by atoms with Crippen LogP contribution in [0.5, 0.6) is 0 Å². The average Bonchev–Trinajstić information content (AvgIpc) is 3.01. The molecule has 0 aromatic carbocycles. The van der Waals surface area contributed by atoms with Crippen LogP contribution < -0.4 is 5.73 Å². The highest BCUT2D eigenvalue weighted by Crippen LogP contribution is 2.42. The van der Waals surface area contributed by atoms with Crippen molar-refractivity contribution in [3.63, 3.8) is 0 Å². The zero-order valence-corrected chi connectivity index (χ0v) is 10.9. The number of nitrogens with zero attached hydrogens (tertiary/aromatic N) is 1. The van der Waals surface area contributed by atoms with Crippen molar-refractivity contribution in [3.05, 3.63) is 15.6 Å². The molecule has 6 heteroatoms. The molecule has 0 atom stereocenters.